The fraction of sp³-hybridized carbons (Fsp3) is 0.368. The summed E-state index contributed by atoms with van der Waals surface area (Å²) in [5, 5.41) is 4.42. The van der Waals surface area contributed by atoms with Crippen molar-refractivity contribution in [2.24, 2.45) is 0 Å². The first kappa shape index (κ1) is 16.1. The van der Waals surface area contributed by atoms with Gasteiger partial charge in [0.25, 0.3) is 0 Å². The number of nitrogens with one attached hydrogen (secondary N) is 1. The van der Waals surface area contributed by atoms with Gasteiger partial charge in [0.2, 0.25) is 0 Å². The standard InChI is InChI=1S/C19H24ClN/c1-14(2)17-10-8-16(9-11-17)13-21-15(3)12-18-6-4-5-7-19(18)20/h4-11,14-15,21H,12-13H2,1-3H3. The van der Waals surface area contributed by atoms with E-state index in [1.54, 1.807) is 0 Å². The molecule has 1 unspecified atom stereocenters. The van der Waals surface area contributed by atoms with Crippen LogP contribution in [0.4, 0.5) is 0 Å². The van der Waals surface area contributed by atoms with Crippen molar-refractivity contribution < 1.29 is 0 Å². The molecule has 0 amide bonds. The van der Waals surface area contributed by atoms with Gasteiger partial charge >= 0.3 is 0 Å². The minimum atomic E-state index is 0.398. The molecule has 1 atom stereocenters. The van der Waals surface area contributed by atoms with Gasteiger partial charge < -0.3 is 5.32 Å². The zero-order valence-corrected chi connectivity index (χ0v) is 13.8. The van der Waals surface area contributed by atoms with Gasteiger partial charge in [-0.3, -0.25) is 0 Å². The average Bonchev–Trinajstić information content (AvgIpc) is 2.48. The fourth-order valence-electron chi connectivity index (χ4n) is 2.38. The molecule has 2 aromatic rings. The summed E-state index contributed by atoms with van der Waals surface area (Å²) in [5.74, 6) is 0.589. The van der Waals surface area contributed by atoms with Crippen LogP contribution in [0.3, 0.4) is 0 Å². The fourth-order valence-corrected chi connectivity index (χ4v) is 2.59. The monoisotopic (exact) mass is 301 g/mol. The van der Waals surface area contributed by atoms with E-state index in [0.717, 1.165) is 18.0 Å². The predicted octanol–water partition coefficient (Wildman–Crippen LogP) is 5.18. The Labute approximate surface area is 133 Å². The first-order valence-corrected chi connectivity index (χ1v) is 7.99. The van der Waals surface area contributed by atoms with E-state index < -0.39 is 0 Å². The van der Waals surface area contributed by atoms with Crippen LogP contribution >= 0.6 is 11.6 Å². The largest absolute Gasteiger partial charge is 0.310 e. The molecule has 2 aromatic carbocycles. The van der Waals surface area contributed by atoms with Crippen LogP contribution in [0.15, 0.2) is 48.5 Å². The molecule has 0 radical (unpaired) electrons. The van der Waals surface area contributed by atoms with Crippen molar-refractivity contribution in [3.05, 3.63) is 70.2 Å². The summed E-state index contributed by atoms with van der Waals surface area (Å²) in [4.78, 5) is 0. The van der Waals surface area contributed by atoms with E-state index in [4.69, 9.17) is 11.6 Å². The molecule has 0 saturated carbocycles. The molecule has 0 bridgehead atoms. The molecule has 0 fully saturated rings. The Balaban J connectivity index is 1.86. The van der Waals surface area contributed by atoms with Gasteiger partial charge in [-0.15, -0.1) is 0 Å². The smallest absolute Gasteiger partial charge is 0.0438 e. The Kier molecular flexibility index (Phi) is 5.84. The summed E-state index contributed by atoms with van der Waals surface area (Å²) in [6.45, 7) is 7.54. The van der Waals surface area contributed by atoms with E-state index in [1.807, 2.05) is 18.2 Å². The molecule has 0 heterocycles. The van der Waals surface area contributed by atoms with Crippen LogP contribution in [0, 0.1) is 0 Å². The summed E-state index contributed by atoms with van der Waals surface area (Å²) >= 11 is 6.20. The highest BCUT2D eigenvalue weighted by Crippen LogP contribution is 2.17. The first-order chi connectivity index (χ1) is 10.1. The van der Waals surface area contributed by atoms with E-state index in [2.05, 4.69) is 56.4 Å². The maximum atomic E-state index is 6.20. The van der Waals surface area contributed by atoms with Gasteiger partial charge in [-0.1, -0.05) is 67.9 Å². The summed E-state index contributed by atoms with van der Waals surface area (Å²) in [6.07, 6.45) is 0.948. The topological polar surface area (TPSA) is 12.0 Å². The SMILES string of the molecule is CC(Cc1ccccc1Cl)NCc1ccc(C(C)C)cc1. The van der Waals surface area contributed by atoms with Gasteiger partial charge in [-0.2, -0.15) is 0 Å². The lowest BCUT2D eigenvalue weighted by molar-refractivity contribution is 0.545. The highest BCUT2D eigenvalue weighted by molar-refractivity contribution is 6.31. The molecule has 0 aliphatic carbocycles. The van der Waals surface area contributed by atoms with E-state index in [-0.39, 0.29) is 0 Å². The maximum Gasteiger partial charge on any atom is 0.0438 e. The summed E-state index contributed by atoms with van der Waals surface area (Å²) in [5.41, 5.74) is 3.92. The van der Waals surface area contributed by atoms with Crippen molar-refractivity contribution in [1.82, 2.24) is 5.32 Å². The zero-order valence-electron chi connectivity index (χ0n) is 13.1. The maximum absolute atomic E-state index is 6.20. The predicted molar refractivity (Wildman–Crippen MR) is 92.0 cm³/mol. The quantitative estimate of drug-likeness (QED) is 0.775. The highest BCUT2D eigenvalue weighted by Gasteiger charge is 2.06. The molecular formula is C19H24ClN. The summed E-state index contributed by atoms with van der Waals surface area (Å²) in [7, 11) is 0. The van der Waals surface area contributed by atoms with Crippen LogP contribution in [0.1, 0.15) is 43.4 Å². The van der Waals surface area contributed by atoms with Crippen molar-refractivity contribution in [3.8, 4) is 0 Å². The van der Waals surface area contributed by atoms with Crippen molar-refractivity contribution >= 4 is 11.6 Å². The van der Waals surface area contributed by atoms with Crippen LogP contribution in [-0.4, -0.2) is 6.04 Å². The normalized spacial score (nSPS) is 12.6. The molecule has 0 aliphatic heterocycles. The molecule has 112 valence electrons. The Morgan fingerprint density at radius 1 is 0.952 bits per heavy atom. The molecular weight excluding hydrogens is 278 g/mol. The van der Waals surface area contributed by atoms with Crippen molar-refractivity contribution in [3.63, 3.8) is 0 Å². The van der Waals surface area contributed by atoms with E-state index in [9.17, 15) is 0 Å². The van der Waals surface area contributed by atoms with Gasteiger partial charge in [0, 0.05) is 17.6 Å². The Bertz CT molecular complexity index is 560. The van der Waals surface area contributed by atoms with Crippen LogP contribution < -0.4 is 5.32 Å². The molecule has 21 heavy (non-hydrogen) atoms. The number of benzene rings is 2. The van der Waals surface area contributed by atoms with Gasteiger partial charge in [-0.25, -0.2) is 0 Å². The van der Waals surface area contributed by atoms with Crippen LogP contribution in [0.2, 0.25) is 5.02 Å². The minimum absolute atomic E-state index is 0.398. The second-order valence-corrected chi connectivity index (χ2v) is 6.38. The third-order valence-electron chi connectivity index (χ3n) is 3.78. The molecule has 0 aromatic heterocycles. The second-order valence-electron chi connectivity index (χ2n) is 5.97. The van der Waals surface area contributed by atoms with Crippen LogP contribution in [0.5, 0.6) is 0 Å². The van der Waals surface area contributed by atoms with Crippen molar-refractivity contribution in [2.45, 2.75) is 45.7 Å². The van der Waals surface area contributed by atoms with E-state index in [0.29, 0.717) is 12.0 Å². The lowest BCUT2D eigenvalue weighted by atomic mass is 10.0. The zero-order chi connectivity index (χ0) is 15.2. The molecule has 0 aliphatic rings. The van der Waals surface area contributed by atoms with Gasteiger partial charge in [0.1, 0.15) is 0 Å². The summed E-state index contributed by atoms with van der Waals surface area (Å²) < 4.78 is 0. The molecule has 1 N–H and O–H groups in total. The third kappa shape index (κ3) is 4.87. The van der Waals surface area contributed by atoms with E-state index in [1.165, 1.54) is 16.7 Å². The molecule has 2 heteroatoms. The second kappa shape index (κ2) is 7.63. The van der Waals surface area contributed by atoms with Crippen molar-refractivity contribution in [1.29, 1.82) is 0 Å². The van der Waals surface area contributed by atoms with Crippen molar-refractivity contribution in [2.75, 3.05) is 0 Å². The van der Waals surface area contributed by atoms with Gasteiger partial charge in [0.05, 0.1) is 0 Å². The number of hydrogen-bond acceptors (Lipinski definition) is 1. The summed E-state index contributed by atoms with van der Waals surface area (Å²) in [6, 6.07) is 17.3. The Hall–Kier alpha value is -1.31. The molecule has 2 rings (SSSR count). The third-order valence-corrected chi connectivity index (χ3v) is 4.15. The molecule has 1 nitrogen and oxygen atoms in total. The van der Waals surface area contributed by atoms with E-state index >= 15 is 0 Å². The lowest BCUT2D eigenvalue weighted by Gasteiger charge is -2.15. The lowest BCUT2D eigenvalue weighted by Crippen LogP contribution is -2.27. The Morgan fingerprint density at radius 3 is 2.24 bits per heavy atom. The number of rotatable bonds is 6. The minimum Gasteiger partial charge on any atom is -0.310 e. The number of hydrogen-bond donors (Lipinski definition) is 1. The van der Waals surface area contributed by atoms with Crippen LogP contribution in [-0.2, 0) is 13.0 Å². The van der Waals surface area contributed by atoms with Gasteiger partial charge in [0.15, 0.2) is 0 Å². The molecule has 0 saturated heterocycles. The van der Waals surface area contributed by atoms with Crippen LogP contribution in [0.25, 0.3) is 0 Å². The average molecular weight is 302 g/mol. The molecule has 0 spiro atoms. The first-order valence-electron chi connectivity index (χ1n) is 7.62. The van der Waals surface area contributed by atoms with Gasteiger partial charge in [-0.05, 0) is 42.0 Å². The Morgan fingerprint density at radius 2 is 1.62 bits per heavy atom. The number of halogens is 1. The highest BCUT2D eigenvalue weighted by atomic mass is 35.5.